The van der Waals surface area contributed by atoms with Crippen LogP contribution in [0.5, 0.6) is 5.75 Å². The Kier molecular flexibility index (Phi) is 7.47. The summed E-state index contributed by atoms with van der Waals surface area (Å²) in [6.45, 7) is 4.69. The van der Waals surface area contributed by atoms with Gasteiger partial charge >= 0.3 is 12.7 Å². The van der Waals surface area contributed by atoms with Crippen LogP contribution in [0.15, 0.2) is 34.6 Å². The van der Waals surface area contributed by atoms with Crippen LogP contribution in [0, 0.1) is 0 Å². The lowest BCUT2D eigenvalue weighted by atomic mass is 10.1. The van der Waals surface area contributed by atoms with Crippen LogP contribution < -0.4 is 26.0 Å². The van der Waals surface area contributed by atoms with Crippen LogP contribution in [0.1, 0.15) is 19.4 Å². The summed E-state index contributed by atoms with van der Waals surface area (Å²) in [6, 6.07) is 6.71. The number of anilines is 3. The van der Waals surface area contributed by atoms with Gasteiger partial charge in [0.2, 0.25) is 11.8 Å². The summed E-state index contributed by atoms with van der Waals surface area (Å²) in [6.07, 6.45) is -1.33. The van der Waals surface area contributed by atoms with Crippen molar-refractivity contribution in [2.45, 2.75) is 26.0 Å². The fourth-order valence-electron chi connectivity index (χ4n) is 4.06. The Bertz CT molecular complexity index is 1290. The monoisotopic (exact) mass is 535 g/mol. The molecular formula is C23H27F2N7O4S. The highest BCUT2D eigenvalue weighted by molar-refractivity contribution is 7.17. The number of hydrogen-bond acceptors (Lipinski definition) is 10. The van der Waals surface area contributed by atoms with Crippen molar-refractivity contribution >= 4 is 51.0 Å². The minimum absolute atomic E-state index is 0.149. The summed E-state index contributed by atoms with van der Waals surface area (Å²) in [4.78, 5) is 27.7. The smallest absolute Gasteiger partial charge is 0.402 e. The number of benzene rings is 1. The molecule has 14 heteroatoms. The van der Waals surface area contributed by atoms with Crippen LogP contribution in [0.4, 0.5) is 31.0 Å². The molecule has 2 aliphatic heterocycles. The lowest BCUT2D eigenvalue weighted by Gasteiger charge is -2.37. The topological polar surface area (TPSA) is 152 Å². The van der Waals surface area contributed by atoms with Gasteiger partial charge in [-0.05, 0) is 38.1 Å². The first-order valence-corrected chi connectivity index (χ1v) is 12.2. The van der Waals surface area contributed by atoms with E-state index in [1.54, 1.807) is 24.3 Å². The first kappa shape index (κ1) is 26.1. The SMILES string of the molecule is CC1(C)COC(c2csc3nc(N)nc(N4CCN(c5ccc(OC(F)F)cc5)CC4)c23)=N1.NC(=O)O. The van der Waals surface area contributed by atoms with Crippen LogP contribution in [-0.4, -0.2) is 72.0 Å². The molecule has 1 fully saturated rings. The predicted octanol–water partition coefficient (Wildman–Crippen LogP) is 3.38. The van der Waals surface area contributed by atoms with Gasteiger partial charge in [-0.25, -0.2) is 14.8 Å². The molecule has 11 nitrogen and oxygen atoms in total. The number of carbonyl (C=O) groups is 1. The third-order valence-corrected chi connectivity index (χ3v) is 6.51. The Morgan fingerprint density at radius 3 is 2.35 bits per heavy atom. The second-order valence-corrected chi connectivity index (χ2v) is 9.80. The number of hydrogen-bond donors (Lipinski definition) is 3. The summed E-state index contributed by atoms with van der Waals surface area (Å²) in [5, 5.41) is 10.1. The molecule has 1 amide bonds. The Labute approximate surface area is 215 Å². The van der Waals surface area contributed by atoms with E-state index >= 15 is 0 Å². The van der Waals surface area contributed by atoms with Gasteiger partial charge in [-0.15, -0.1) is 11.3 Å². The number of nitrogens with two attached hydrogens (primary N) is 2. The van der Waals surface area contributed by atoms with Crippen LogP contribution in [0.25, 0.3) is 10.2 Å². The number of alkyl halides is 2. The largest absolute Gasteiger partial charge is 0.475 e. The molecule has 0 spiro atoms. The van der Waals surface area contributed by atoms with Crippen molar-refractivity contribution < 1.29 is 28.2 Å². The van der Waals surface area contributed by atoms with Crippen molar-refractivity contribution in [3.63, 3.8) is 0 Å². The first-order chi connectivity index (χ1) is 17.5. The third kappa shape index (κ3) is 6.25. The number of carboxylic acid groups (broad SMARTS) is 1. The van der Waals surface area contributed by atoms with E-state index in [1.807, 2.05) is 19.2 Å². The highest BCUT2D eigenvalue weighted by Gasteiger charge is 2.31. The summed E-state index contributed by atoms with van der Waals surface area (Å²) in [5.74, 6) is 1.78. The van der Waals surface area contributed by atoms with Gasteiger partial charge in [0, 0.05) is 37.2 Å². The molecule has 5 N–H and O–H groups in total. The summed E-state index contributed by atoms with van der Waals surface area (Å²) in [5.41, 5.74) is 11.6. The number of ether oxygens (including phenoxy) is 2. The molecule has 0 bridgehead atoms. The number of amides is 1. The molecule has 198 valence electrons. The second kappa shape index (κ2) is 10.6. The molecule has 0 unspecified atom stereocenters. The van der Waals surface area contributed by atoms with E-state index in [2.05, 4.69) is 30.2 Å². The molecule has 3 aromatic rings. The van der Waals surface area contributed by atoms with Gasteiger partial charge in [-0.2, -0.15) is 13.8 Å². The summed E-state index contributed by atoms with van der Waals surface area (Å²) in [7, 11) is 0. The Morgan fingerprint density at radius 1 is 1.16 bits per heavy atom. The Balaban J connectivity index is 0.000000747. The maximum atomic E-state index is 12.4. The molecule has 2 aliphatic rings. The highest BCUT2D eigenvalue weighted by Crippen LogP contribution is 2.36. The lowest BCUT2D eigenvalue weighted by Crippen LogP contribution is -2.47. The zero-order chi connectivity index (χ0) is 26.7. The summed E-state index contributed by atoms with van der Waals surface area (Å²) < 4.78 is 35.1. The van der Waals surface area contributed by atoms with Gasteiger partial charge in [0.15, 0.2) is 0 Å². The van der Waals surface area contributed by atoms with Crippen LogP contribution in [0.2, 0.25) is 0 Å². The maximum Gasteiger partial charge on any atom is 0.402 e. The molecule has 1 aromatic carbocycles. The maximum absolute atomic E-state index is 12.4. The average Bonchev–Trinajstić information content (AvgIpc) is 3.41. The quantitative estimate of drug-likeness (QED) is 0.446. The fraction of sp³-hybridized carbons (Fsp3) is 0.391. The standard InChI is InChI=1S/C22H24F2N6O2S.CH3NO2/c1-22(2)12-31-18(28-22)15-11-33-19-16(15)17(26-21(25)27-19)30-9-7-29(8-10-30)13-3-5-14(6-4-13)32-20(23)24;2-1(3)4/h3-6,11,20H,7-10,12H2,1-2H3,(H2,25,26,27);2H2,(H,3,4). The van der Waals surface area contributed by atoms with E-state index < -0.39 is 12.7 Å². The number of aliphatic imine (C=N–C) groups is 1. The minimum atomic E-state index is -2.83. The predicted molar refractivity (Wildman–Crippen MR) is 138 cm³/mol. The molecule has 5 rings (SSSR count). The zero-order valence-corrected chi connectivity index (χ0v) is 21.0. The van der Waals surface area contributed by atoms with E-state index in [0.29, 0.717) is 12.5 Å². The number of aromatic nitrogens is 2. The molecule has 0 atom stereocenters. The minimum Gasteiger partial charge on any atom is -0.475 e. The van der Waals surface area contributed by atoms with Crippen molar-refractivity contribution in [1.29, 1.82) is 0 Å². The number of halogens is 2. The van der Waals surface area contributed by atoms with Crippen molar-refractivity contribution in [2.24, 2.45) is 10.7 Å². The number of nitrogen functional groups attached to an aromatic ring is 1. The van der Waals surface area contributed by atoms with Crippen molar-refractivity contribution in [3.8, 4) is 5.75 Å². The Morgan fingerprint density at radius 2 is 1.78 bits per heavy atom. The van der Waals surface area contributed by atoms with E-state index in [0.717, 1.165) is 53.5 Å². The first-order valence-electron chi connectivity index (χ1n) is 11.3. The van der Waals surface area contributed by atoms with Gasteiger partial charge in [0.1, 0.15) is 23.0 Å². The van der Waals surface area contributed by atoms with Crippen molar-refractivity contribution in [3.05, 3.63) is 35.2 Å². The van der Waals surface area contributed by atoms with E-state index in [1.165, 1.54) is 11.3 Å². The van der Waals surface area contributed by atoms with Gasteiger partial charge in [-0.3, -0.25) is 0 Å². The van der Waals surface area contributed by atoms with Crippen molar-refractivity contribution in [1.82, 2.24) is 9.97 Å². The summed E-state index contributed by atoms with van der Waals surface area (Å²) >= 11 is 1.50. The van der Waals surface area contributed by atoms with Crippen LogP contribution in [-0.2, 0) is 4.74 Å². The van der Waals surface area contributed by atoms with E-state index in [-0.39, 0.29) is 17.2 Å². The number of primary amides is 1. The van der Waals surface area contributed by atoms with Crippen molar-refractivity contribution in [2.75, 3.05) is 48.3 Å². The molecule has 0 radical (unpaired) electrons. The number of piperazine rings is 1. The fourth-order valence-corrected chi connectivity index (χ4v) is 4.98. The van der Waals surface area contributed by atoms with Gasteiger partial charge < -0.3 is 35.8 Å². The molecular weight excluding hydrogens is 508 g/mol. The van der Waals surface area contributed by atoms with Gasteiger partial charge in [0.25, 0.3) is 0 Å². The molecule has 37 heavy (non-hydrogen) atoms. The molecule has 0 aliphatic carbocycles. The molecule has 2 aromatic heterocycles. The van der Waals surface area contributed by atoms with Crippen LogP contribution >= 0.6 is 11.3 Å². The number of rotatable bonds is 5. The van der Waals surface area contributed by atoms with E-state index in [4.69, 9.17) is 25.4 Å². The van der Waals surface area contributed by atoms with Gasteiger partial charge in [0.05, 0.1) is 16.5 Å². The number of fused-ring (bicyclic) bond motifs is 1. The normalized spacial score (nSPS) is 16.7. The third-order valence-electron chi connectivity index (χ3n) is 5.63. The lowest BCUT2D eigenvalue weighted by molar-refractivity contribution is -0.0498. The zero-order valence-electron chi connectivity index (χ0n) is 20.2. The molecule has 1 saturated heterocycles. The number of thiophene rings is 1. The molecule has 0 saturated carbocycles. The van der Waals surface area contributed by atoms with Crippen LogP contribution in [0.3, 0.4) is 0 Å². The van der Waals surface area contributed by atoms with Gasteiger partial charge in [-0.1, -0.05) is 0 Å². The Hall–Kier alpha value is -3.94. The number of nitrogens with zero attached hydrogens (tertiary/aromatic N) is 5. The second-order valence-electron chi connectivity index (χ2n) is 8.94. The van der Waals surface area contributed by atoms with E-state index in [9.17, 15) is 8.78 Å². The molecule has 4 heterocycles. The average molecular weight is 536 g/mol. The highest BCUT2D eigenvalue weighted by atomic mass is 32.1.